The van der Waals surface area contributed by atoms with Crippen LogP contribution >= 0.6 is 0 Å². The molecule has 1 rings (SSSR count). The van der Waals surface area contributed by atoms with Gasteiger partial charge in [0.1, 0.15) is 5.60 Å². The normalized spacial score (nSPS) is 43.2. The second-order valence-corrected chi connectivity index (χ2v) is 4.96. The molecule has 3 nitrogen and oxygen atoms in total. The zero-order valence-electron chi connectivity index (χ0n) is 9.34. The van der Waals surface area contributed by atoms with Gasteiger partial charge in [-0.05, 0) is 41.5 Å². The molecule has 1 aliphatic heterocycles. The summed E-state index contributed by atoms with van der Waals surface area (Å²) >= 11 is 0. The Bertz CT molecular complexity index is 206. The first-order chi connectivity index (χ1) is 5.58. The lowest BCUT2D eigenvalue weighted by atomic mass is 9.91. The van der Waals surface area contributed by atoms with E-state index in [1.54, 1.807) is 6.92 Å². The fourth-order valence-electron chi connectivity index (χ4n) is 1.46. The van der Waals surface area contributed by atoms with Crippen molar-refractivity contribution in [2.75, 3.05) is 0 Å². The first kappa shape index (κ1) is 11.0. The van der Waals surface area contributed by atoms with Gasteiger partial charge in [0.25, 0.3) is 0 Å². The van der Waals surface area contributed by atoms with Crippen molar-refractivity contribution in [2.24, 2.45) is 0 Å². The average molecular weight is 188 g/mol. The molecular formula is C10H20O3. The van der Waals surface area contributed by atoms with Crippen LogP contribution in [0.2, 0.25) is 0 Å². The molecule has 0 radical (unpaired) electrons. The van der Waals surface area contributed by atoms with Crippen LogP contribution in [0, 0.1) is 0 Å². The van der Waals surface area contributed by atoms with E-state index in [-0.39, 0.29) is 11.7 Å². The topological polar surface area (TPSA) is 38.7 Å². The molecule has 0 aromatic carbocycles. The van der Waals surface area contributed by atoms with Crippen molar-refractivity contribution < 1.29 is 14.6 Å². The first-order valence-corrected chi connectivity index (χ1v) is 4.69. The van der Waals surface area contributed by atoms with E-state index in [1.807, 2.05) is 34.6 Å². The van der Waals surface area contributed by atoms with Crippen molar-refractivity contribution in [1.29, 1.82) is 0 Å². The lowest BCUT2D eigenvalue weighted by Gasteiger charge is -2.53. The SMILES string of the molecule is CC1OC(C)(O)C(C)(C)OC1(C)C. The molecular weight excluding hydrogens is 168 g/mol. The molecule has 1 heterocycles. The Morgan fingerprint density at radius 2 is 1.54 bits per heavy atom. The van der Waals surface area contributed by atoms with Gasteiger partial charge in [0.05, 0.1) is 11.7 Å². The average Bonchev–Trinajstić information content (AvgIpc) is 1.80. The van der Waals surface area contributed by atoms with Crippen molar-refractivity contribution in [2.45, 2.75) is 64.6 Å². The summed E-state index contributed by atoms with van der Waals surface area (Å²) in [5.74, 6) is -1.22. The van der Waals surface area contributed by atoms with E-state index in [2.05, 4.69) is 0 Å². The summed E-state index contributed by atoms with van der Waals surface area (Å²) in [6.45, 7) is 11.1. The summed E-state index contributed by atoms with van der Waals surface area (Å²) < 4.78 is 11.3. The van der Waals surface area contributed by atoms with Gasteiger partial charge in [-0.15, -0.1) is 0 Å². The Balaban J connectivity index is 2.93. The Morgan fingerprint density at radius 1 is 1.08 bits per heavy atom. The minimum absolute atomic E-state index is 0.115. The second-order valence-electron chi connectivity index (χ2n) is 4.96. The number of ether oxygens (including phenoxy) is 2. The van der Waals surface area contributed by atoms with Crippen LogP contribution in [0.5, 0.6) is 0 Å². The minimum atomic E-state index is -1.22. The minimum Gasteiger partial charge on any atom is -0.363 e. The van der Waals surface area contributed by atoms with Gasteiger partial charge in [0, 0.05) is 0 Å². The molecule has 0 aromatic rings. The largest absolute Gasteiger partial charge is 0.363 e. The standard InChI is InChI=1S/C10H20O3/c1-7-8(2,3)13-9(4,5)10(6,11)12-7/h7,11H,1-6H3. The molecule has 0 amide bonds. The molecule has 0 aliphatic carbocycles. The number of hydrogen-bond acceptors (Lipinski definition) is 3. The maximum Gasteiger partial charge on any atom is 0.192 e. The van der Waals surface area contributed by atoms with Crippen molar-refractivity contribution in [3.05, 3.63) is 0 Å². The lowest BCUT2D eigenvalue weighted by molar-refractivity contribution is -0.391. The fraction of sp³-hybridized carbons (Fsp3) is 1.00. The predicted octanol–water partition coefficient (Wildman–Crippen LogP) is 1.69. The first-order valence-electron chi connectivity index (χ1n) is 4.69. The van der Waals surface area contributed by atoms with Crippen molar-refractivity contribution in [1.82, 2.24) is 0 Å². The molecule has 3 heteroatoms. The maximum absolute atomic E-state index is 9.96. The highest BCUT2D eigenvalue weighted by atomic mass is 16.7. The molecule has 0 bridgehead atoms. The van der Waals surface area contributed by atoms with E-state index in [0.717, 1.165) is 0 Å². The molecule has 1 saturated heterocycles. The highest BCUT2D eigenvalue weighted by Crippen LogP contribution is 2.40. The summed E-state index contributed by atoms with van der Waals surface area (Å²) in [6, 6.07) is 0. The van der Waals surface area contributed by atoms with Crippen LogP contribution in [0.25, 0.3) is 0 Å². The molecule has 0 aromatic heterocycles. The summed E-state index contributed by atoms with van der Waals surface area (Å²) in [7, 11) is 0. The second kappa shape index (κ2) is 2.69. The van der Waals surface area contributed by atoms with E-state index in [9.17, 15) is 5.11 Å². The van der Waals surface area contributed by atoms with E-state index in [4.69, 9.17) is 9.47 Å². The Kier molecular flexibility index (Phi) is 2.26. The summed E-state index contributed by atoms with van der Waals surface area (Å²) in [5, 5.41) is 9.96. The van der Waals surface area contributed by atoms with Gasteiger partial charge >= 0.3 is 0 Å². The Hall–Kier alpha value is -0.120. The molecule has 1 fully saturated rings. The molecule has 0 saturated carbocycles. The van der Waals surface area contributed by atoms with E-state index in [0.29, 0.717) is 0 Å². The van der Waals surface area contributed by atoms with Crippen molar-refractivity contribution in [3.8, 4) is 0 Å². The fourth-order valence-corrected chi connectivity index (χ4v) is 1.46. The smallest absolute Gasteiger partial charge is 0.192 e. The quantitative estimate of drug-likeness (QED) is 0.628. The Labute approximate surface area is 80.0 Å². The van der Waals surface area contributed by atoms with E-state index >= 15 is 0 Å². The van der Waals surface area contributed by atoms with Crippen LogP contribution in [-0.4, -0.2) is 28.2 Å². The third-order valence-corrected chi connectivity index (χ3v) is 3.02. The van der Waals surface area contributed by atoms with Gasteiger partial charge in [0.2, 0.25) is 0 Å². The van der Waals surface area contributed by atoms with Gasteiger partial charge in [0.15, 0.2) is 5.79 Å². The van der Waals surface area contributed by atoms with E-state index < -0.39 is 11.4 Å². The van der Waals surface area contributed by atoms with Crippen LogP contribution in [0.1, 0.15) is 41.5 Å². The Morgan fingerprint density at radius 3 is 1.92 bits per heavy atom. The molecule has 1 N–H and O–H groups in total. The number of aliphatic hydroxyl groups is 1. The molecule has 0 spiro atoms. The van der Waals surface area contributed by atoms with Gasteiger partial charge in [-0.2, -0.15) is 0 Å². The summed E-state index contributed by atoms with van der Waals surface area (Å²) in [6.07, 6.45) is -0.115. The van der Waals surface area contributed by atoms with Crippen LogP contribution in [-0.2, 0) is 9.47 Å². The van der Waals surface area contributed by atoms with Crippen LogP contribution in [0.4, 0.5) is 0 Å². The molecule has 1 aliphatic rings. The lowest BCUT2D eigenvalue weighted by Crippen LogP contribution is -2.64. The monoisotopic (exact) mass is 188 g/mol. The van der Waals surface area contributed by atoms with E-state index in [1.165, 1.54) is 0 Å². The van der Waals surface area contributed by atoms with Gasteiger partial charge in [-0.1, -0.05) is 0 Å². The van der Waals surface area contributed by atoms with Gasteiger partial charge < -0.3 is 14.6 Å². The molecule has 13 heavy (non-hydrogen) atoms. The van der Waals surface area contributed by atoms with Crippen LogP contribution in [0.3, 0.4) is 0 Å². The van der Waals surface area contributed by atoms with Crippen LogP contribution in [0.15, 0.2) is 0 Å². The highest BCUT2D eigenvalue weighted by molar-refractivity contribution is 4.95. The summed E-state index contributed by atoms with van der Waals surface area (Å²) in [5.41, 5.74) is -1.03. The molecule has 2 unspecified atom stereocenters. The van der Waals surface area contributed by atoms with Gasteiger partial charge in [-0.25, -0.2) is 0 Å². The third-order valence-electron chi connectivity index (χ3n) is 3.02. The third kappa shape index (κ3) is 1.73. The predicted molar refractivity (Wildman–Crippen MR) is 50.4 cm³/mol. The van der Waals surface area contributed by atoms with Crippen molar-refractivity contribution >= 4 is 0 Å². The zero-order chi connectivity index (χ0) is 10.5. The maximum atomic E-state index is 9.96. The molecule has 2 atom stereocenters. The highest BCUT2D eigenvalue weighted by Gasteiger charge is 2.53. The molecule has 78 valence electrons. The summed E-state index contributed by atoms with van der Waals surface area (Å²) in [4.78, 5) is 0. The van der Waals surface area contributed by atoms with Crippen LogP contribution < -0.4 is 0 Å². The zero-order valence-corrected chi connectivity index (χ0v) is 9.34. The van der Waals surface area contributed by atoms with Gasteiger partial charge in [-0.3, -0.25) is 0 Å². The van der Waals surface area contributed by atoms with Crippen molar-refractivity contribution in [3.63, 3.8) is 0 Å². The number of hydrogen-bond donors (Lipinski definition) is 1. The number of rotatable bonds is 0.